The Morgan fingerprint density at radius 2 is 1.74 bits per heavy atom. The Labute approximate surface area is 116 Å². The van der Waals surface area contributed by atoms with Gasteiger partial charge in [0.05, 0.1) is 0 Å². The van der Waals surface area contributed by atoms with E-state index in [0.29, 0.717) is 10.6 Å². The number of carbonyl (C=O) groups excluding carboxylic acids is 1. The van der Waals surface area contributed by atoms with Crippen molar-refractivity contribution in [3.8, 4) is 0 Å². The zero-order chi connectivity index (χ0) is 13.4. The summed E-state index contributed by atoms with van der Waals surface area (Å²) in [6.45, 7) is 0. The molecule has 0 unspecified atom stereocenters. The van der Waals surface area contributed by atoms with E-state index in [1.165, 1.54) is 0 Å². The molecule has 0 amide bonds. The number of hydrogen-bond donors (Lipinski definition) is 0. The lowest BCUT2D eigenvalue weighted by Gasteiger charge is -1.99. The summed E-state index contributed by atoms with van der Waals surface area (Å²) in [6.07, 6.45) is 1.88. The van der Waals surface area contributed by atoms with Crippen molar-refractivity contribution in [2.24, 2.45) is 7.05 Å². The fourth-order valence-corrected chi connectivity index (χ4v) is 2.41. The van der Waals surface area contributed by atoms with Crippen molar-refractivity contribution in [3.63, 3.8) is 0 Å². The van der Waals surface area contributed by atoms with Gasteiger partial charge in [0.1, 0.15) is 0 Å². The van der Waals surface area contributed by atoms with E-state index in [1.807, 2.05) is 42.1 Å². The van der Waals surface area contributed by atoms with Gasteiger partial charge in [0, 0.05) is 40.3 Å². The van der Waals surface area contributed by atoms with Gasteiger partial charge in [-0.05, 0) is 30.3 Å². The number of rotatable bonds is 2. The number of aromatic nitrogens is 1. The molecule has 0 bridgehead atoms. The summed E-state index contributed by atoms with van der Waals surface area (Å²) in [7, 11) is 1.95. The van der Waals surface area contributed by atoms with Gasteiger partial charge < -0.3 is 4.57 Å². The van der Waals surface area contributed by atoms with Crippen molar-refractivity contribution < 1.29 is 4.79 Å². The molecule has 0 aliphatic carbocycles. The average molecular weight is 270 g/mol. The van der Waals surface area contributed by atoms with E-state index < -0.39 is 0 Å². The molecule has 0 aliphatic rings. The number of benzene rings is 2. The molecule has 0 radical (unpaired) electrons. The Hall–Kier alpha value is -2.06. The largest absolute Gasteiger partial charge is 0.350 e. The first-order chi connectivity index (χ1) is 9.16. The molecule has 1 heterocycles. The Balaban J connectivity index is 2.14. The molecule has 0 saturated carbocycles. The molecule has 0 saturated heterocycles. The van der Waals surface area contributed by atoms with Crippen molar-refractivity contribution in [1.82, 2.24) is 4.57 Å². The topological polar surface area (TPSA) is 22.0 Å². The Kier molecular flexibility index (Phi) is 2.88. The van der Waals surface area contributed by atoms with Gasteiger partial charge in [-0.1, -0.05) is 29.8 Å². The number of aryl methyl sites for hydroxylation is 1. The molecule has 19 heavy (non-hydrogen) atoms. The lowest BCUT2D eigenvalue weighted by Crippen LogP contribution is -2.00. The van der Waals surface area contributed by atoms with Gasteiger partial charge in [0.25, 0.3) is 0 Å². The molecule has 0 fully saturated rings. The fraction of sp³-hybridized carbons (Fsp3) is 0.0625. The van der Waals surface area contributed by atoms with Crippen molar-refractivity contribution in [2.75, 3.05) is 0 Å². The molecule has 3 rings (SSSR count). The molecule has 3 aromatic rings. The third kappa shape index (κ3) is 2.04. The van der Waals surface area contributed by atoms with Crippen LogP contribution in [0.15, 0.2) is 54.7 Å². The van der Waals surface area contributed by atoms with Crippen LogP contribution in [0.2, 0.25) is 5.02 Å². The lowest BCUT2D eigenvalue weighted by molar-refractivity contribution is 0.104. The highest BCUT2D eigenvalue weighted by Crippen LogP contribution is 2.23. The highest BCUT2D eigenvalue weighted by atomic mass is 35.5. The van der Waals surface area contributed by atoms with Crippen LogP contribution < -0.4 is 0 Å². The SMILES string of the molecule is Cn1cc(C(=O)c2ccc(Cl)cc2)c2ccccc21. The van der Waals surface area contributed by atoms with Crippen LogP contribution in [0, 0.1) is 0 Å². The molecule has 0 N–H and O–H groups in total. The summed E-state index contributed by atoms with van der Waals surface area (Å²) >= 11 is 5.85. The molecule has 0 atom stereocenters. The van der Waals surface area contributed by atoms with E-state index >= 15 is 0 Å². The first kappa shape index (κ1) is 12.0. The summed E-state index contributed by atoms with van der Waals surface area (Å²) in [5.74, 6) is 0.0217. The normalized spacial score (nSPS) is 10.8. The Bertz CT molecular complexity index is 756. The molecular weight excluding hydrogens is 258 g/mol. The average Bonchev–Trinajstić information content (AvgIpc) is 2.77. The van der Waals surface area contributed by atoms with Crippen LogP contribution in [-0.4, -0.2) is 10.4 Å². The van der Waals surface area contributed by atoms with E-state index in [0.717, 1.165) is 16.5 Å². The van der Waals surface area contributed by atoms with Gasteiger partial charge in [-0.3, -0.25) is 4.79 Å². The predicted octanol–water partition coefficient (Wildman–Crippen LogP) is 4.06. The van der Waals surface area contributed by atoms with E-state index in [1.54, 1.807) is 24.3 Å². The summed E-state index contributed by atoms with van der Waals surface area (Å²) in [4.78, 5) is 12.5. The fourth-order valence-electron chi connectivity index (χ4n) is 2.28. The highest BCUT2D eigenvalue weighted by Gasteiger charge is 2.15. The van der Waals surface area contributed by atoms with Crippen LogP contribution in [0.4, 0.5) is 0 Å². The minimum atomic E-state index is 0.0217. The Morgan fingerprint density at radius 3 is 2.47 bits per heavy atom. The lowest BCUT2D eigenvalue weighted by atomic mass is 10.0. The quantitative estimate of drug-likeness (QED) is 0.643. The smallest absolute Gasteiger partial charge is 0.195 e. The predicted molar refractivity (Wildman–Crippen MR) is 77.8 cm³/mol. The van der Waals surface area contributed by atoms with Crippen LogP contribution in [-0.2, 0) is 7.05 Å². The molecule has 3 heteroatoms. The van der Waals surface area contributed by atoms with Gasteiger partial charge in [-0.2, -0.15) is 0 Å². The van der Waals surface area contributed by atoms with Gasteiger partial charge >= 0.3 is 0 Å². The van der Waals surface area contributed by atoms with Gasteiger partial charge in [-0.25, -0.2) is 0 Å². The van der Waals surface area contributed by atoms with Crippen LogP contribution in [0.25, 0.3) is 10.9 Å². The number of ketones is 1. The van der Waals surface area contributed by atoms with Crippen molar-refractivity contribution in [1.29, 1.82) is 0 Å². The maximum Gasteiger partial charge on any atom is 0.195 e. The van der Waals surface area contributed by atoms with E-state index in [2.05, 4.69) is 0 Å². The number of para-hydroxylation sites is 1. The van der Waals surface area contributed by atoms with Gasteiger partial charge in [0.2, 0.25) is 0 Å². The summed E-state index contributed by atoms with van der Waals surface area (Å²) in [5, 5.41) is 1.61. The number of halogens is 1. The second-order valence-electron chi connectivity index (χ2n) is 4.51. The van der Waals surface area contributed by atoms with E-state index in [9.17, 15) is 4.79 Å². The van der Waals surface area contributed by atoms with Crippen molar-refractivity contribution in [3.05, 3.63) is 70.9 Å². The second kappa shape index (κ2) is 4.56. The monoisotopic (exact) mass is 269 g/mol. The van der Waals surface area contributed by atoms with Crippen LogP contribution >= 0.6 is 11.6 Å². The third-order valence-electron chi connectivity index (χ3n) is 3.25. The zero-order valence-corrected chi connectivity index (χ0v) is 11.2. The van der Waals surface area contributed by atoms with Gasteiger partial charge in [0.15, 0.2) is 5.78 Å². The highest BCUT2D eigenvalue weighted by molar-refractivity contribution is 6.30. The van der Waals surface area contributed by atoms with Crippen molar-refractivity contribution >= 4 is 28.3 Å². The summed E-state index contributed by atoms with van der Waals surface area (Å²) < 4.78 is 1.97. The number of nitrogens with zero attached hydrogens (tertiary/aromatic N) is 1. The minimum Gasteiger partial charge on any atom is -0.350 e. The zero-order valence-electron chi connectivity index (χ0n) is 10.4. The van der Waals surface area contributed by atoms with Crippen molar-refractivity contribution in [2.45, 2.75) is 0 Å². The first-order valence-electron chi connectivity index (χ1n) is 6.01. The van der Waals surface area contributed by atoms with Gasteiger partial charge in [-0.15, -0.1) is 0 Å². The number of hydrogen-bond acceptors (Lipinski definition) is 1. The minimum absolute atomic E-state index is 0.0217. The Morgan fingerprint density at radius 1 is 1.05 bits per heavy atom. The molecule has 0 aliphatic heterocycles. The second-order valence-corrected chi connectivity index (χ2v) is 4.94. The molecule has 2 aromatic carbocycles. The summed E-state index contributed by atoms with van der Waals surface area (Å²) in [6, 6.07) is 14.9. The van der Waals surface area contributed by atoms with E-state index in [-0.39, 0.29) is 5.78 Å². The molecule has 2 nitrogen and oxygen atoms in total. The number of carbonyl (C=O) groups is 1. The number of fused-ring (bicyclic) bond motifs is 1. The van der Waals surface area contributed by atoms with Crippen LogP contribution in [0.1, 0.15) is 15.9 Å². The molecule has 0 spiro atoms. The van der Waals surface area contributed by atoms with Crippen LogP contribution in [0.5, 0.6) is 0 Å². The maximum absolute atomic E-state index is 12.5. The molecule has 94 valence electrons. The standard InChI is InChI=1S/C16H12ClNO/c1-18-10-14(13-4-2-3-5-15(13)18)16(19)11-6-8-12(17)9-7-11/h2-10H,1H3. The summed E-state index contributed by atoms with van der Waals surface area (Å²) in [5.41, 5.74) is 2.43. The molecular formula is C16H12ClNO. The first-order valence-corrected chi connectivity index (χ1v) is 6.39. The molecule has 1 aromatic heterocycles. The van der Waals surface area contributed by atoms with E-state index in [4.69, 9.17) is 11.6 Å². The third-order valence-corrected chi connectivity index (χ3v) is 3.50. The maximum atomic E-state index is 12.5. The van der Waals surface area contributed by atoms with Crippen LogP contribution in [0.3, 0.4) is 0 Å².